The van der Waals surface area contributed by atoms with Gasteiger partial charge in [-0.2, -0.15) is 8.78 Å². The molecule has 2 aromatic carbocycles. The van der Waals surface area contributed by atoms with Crippen LogP contribution in [0.3, 0.4) is 0 Å². The molecule has 0 aliphatic heterocycles. The van der Waals surface area contributed by atoms with Gasteiger partial charge < -0.3 is 9.47 Å². The van der Waals surface area contributed by atoms with Crippen molar-refractivity contribution < 1.29 is 27.8 Å². The maximum Gasteiger partial charge on any atom is 0.387 e. The number of esters is 1. The van der Waals surface area contributed by atoms with Gasteiger partial charge in [0.1, 0.15) is 5.75 Å². The summed E-state index contributed by atoms with van der Waals surface area (Å²) in [6.07, 6.45) is 1.54. The minimum absolute atomic E-state index is 0.0117. The van der Waals surface area contributed by atoms with Crippen molar-refractivity contribution in [2.75, 3.05) is 5.32 Å². The Morgan fingerprint density at radius 3 is 2.48 bits per heavy atom. The number of benzene rings is 2. The number of carbonyl (C=O) groups excluding carboxylic acids is 2. The molecular weight excluding hydrogens is 426 g/mol. The zero-order valence-electron chi connectivity index (χ0n) is 16.3. The number of halogens is 2. The summed E-state index contributed by atoms with van der Waals surface area (Å²) >= 11 is 1.27. The smallest absolute Gasteiger partial charge is 0.387 e. The molecule has 1 amide bonds. The monoisotopic (exact) mass is 444 g/mol. The van der Waals surface area contributed by atoms with E-state index in [1.165, 1.54) is 48.6 Å². The van der Waals surface area contributed by atoms with Crippen LogP contribution in [0.25, 0.3) is 17.3 Å². The van der Waals surface area contributed by atoms with Crippen molar-refractivity contribution in [3.63, 3.8) is 0 Å². The Kier molecular flexibility index (Phi) is 7.45. The number of carbonyl (C=O) groups is 2. The number of nitrogens with zero attached hydrogens (tertiary/aromatic N) is 1. The fraction of sp³-hybridized carbons (Fsp3) is 0.136. The molecule has 0 aliphatic carbocycles. The highest BCUT2D eigenvalue weighted by atomic mass is 32.1. The lowest BCUT2D eigenvalue weighted by Gasteiger charge is -2.10. The Labute approximate surface area is 181 Å². The molecule has 1 aromatic heterocycles. The van der Waals surface area contributed by atoms with E-state index in [-0.39, 0.29) is 5.75 Å². The zero-order valence-corrected chi connectivity index (χ0v) is 17.1. The lowest BCUT2D eigenvalue weighted by Crippen LogP contribution is -2.29. The van der Waals surface area contributed by atoms with Gasteiger partial charge in [0.15, 0.2) is 11.2 Å². The average molecular weight is 444 g/mol. The van der Waals surface area contributed by atoms with Crippen molar-refractivity contribution in [1.29, 1.82) is 0 Å². The third kappa shape index (κ3) is 6.71. The van der Waals surface area contributed by atoms with E-state index in [4.69, 9.17) is 4.74 Å². The molecule has 1 heterocycles. The Hall–Kier alpha value is -3.59. The van der Waals surface area contributed by atoms with E-state index in [0.717, 1.165) is 17.3 Å². The Morgan fingerprint density at radius 1 is 1.10 bits per heavy atom. The third-order valence-corrected chi connectivity index (χ3v) is 4.74. The number of alkyl halides is 2. The summed E-state index contributed by atoms with van der Waals surface area (Å²) in [4.78, 5) is 28.6. The quantitative estimate of drug-likeness (QED) is 0.391. The summed E-state index contributed by atoms with van der Waals surface area (Å²) in [5.74, 6) is -1.22. The molecule has 0 saturated carbocycles. The van der Waals surface area contributed by atoms with E-state index in [9.17, 15) is 18.4 Å². The van der Waals surface area contributed by atoms with Crippen LogP contribution in [0, 0.1) is 0 Å². The molecule has 160 valence electrons. The minimum atomic E-state index is -2.90. The summed E-state index contributed by atoms with van der Waals surface area (Å²) in [6, 6.07) is 15.2. The number of nitrogens with one attached hydrogen (secondary N) is 1. The molecular formula is C22H18F2N2O4S. The number of amides is 1. The molecule has 0 bridgehead atoms. The summed E-state index contributed by atoms with van der Waals surface area (Å²) in [5, 5.41) is 4.84. The predicted octanol–water partition coefficient (Wildman–Crippen LogP) is 5.00. The molecule has 0 radical (unpaired) electrons. The summed E-state index contributed by atoms with van der Waals surface area (Å²) in [7, 11) is 0. The van der Waals surface area contributed by atoms with Crippen LogP contribution in [0.1, 0.15) is 12.5 Å². The van der Waals surface area contributed by atoms with Gasteiger partial charge in [0.2, 0.25) is 0 Å². The van der Waals surface area contributed by atoms with Crippen LogP contribution >= 0.6 is 11.3 Å². The fourth-order valence-corrected chi connectivity index (χ4v) is 3.19. The van der Waals surface area contributed by atoms with Crippen LogP contribution in [0.5, 0.6) is 5.75 Å². The second-order valence-electron chi connectivity index (χ2n) is 6.25. The van der Waals surface area contributed by atoms with Crippen LogP contribution in [0.4, 0.5) is 13.9 Å². The first-order valence-corrected chi connectivity index (χ1v) is 10.0. The van der Waals surface area contributed by atoms with Gasteiger partial charge in [0.05, 0.1) is 5.69 Å². The van der Waals surface area contributed by atoms with Gasteiger partial charge in [-0.3, -0.25) is 10.1 Å². The summed E-state index contributed by atoms with van der Waals surface area (Å²) < 4.78 is 33.6. The molecule has 0 aliphatic rings. The Morgan fingerprint density at radius 2 is 1.81 bits per heavy atom. The number of hydrogen-bond acceptors (Lipinski definition) is 6. The van der Waals surface area contributed by atoms with E-state index in [1.807, 2.05) is 35.7 Å². The Bertz CT molecular complexity index is 1050. The molecule has 1 unspecified atom stereocenters. The van der Waals surface area contributed by atoms with E-state index in [0.29, 0.717) is 10.7 Å². The van der Waals surface area contributed by atoms with Gasteiger partial charge in [-0.15, -0.1) is 11.3 Å². The first-order valence-electron chi connectivity index (χ1n) is 9.16. The molecule has 0 fully saturated rings. The van der Waals surface area contributed by atoms with E-state index in [2.05, 4.69) is 15.0 Å². The first kappa shape index (κ1) is 22.1. The molecule has 3 aromatic rings. The number of anilines is 1. The predicted molar refractivity (Wildman–Crippen MR) is 114 cm³/mol. The molecule has 6 nitrogen and oxygen atoms in total. The van der Waals surface area contributed by atoms with Crippen LogP contribution in [-0.4, -0.2) is 29.6 Å². The molecule has 0 spiro atoms. The van der Waals surface area contributed by atoms with Crippen LogP contribution in [0.2, 0.25) is 0 Å². The van der Waals surface area contributed by atoms with Crippen LogP contribution in [0.15, 0.2) is 66.1 Å². The maximum absolute atomic E-state index is 12.3. The summed E-state index contributed by atoms with van der Waals surface area (Å²) in [6.45, 7) is -1.46. The van der Waals surface area contributed by atoms with Crippen molar-refractivity contribution in [3.05, 3.63) is 71.6 Å². The molecule has 0 saturated heterocycles. The number of aromatic nitrogens is 1. The van der Waals surface area contributed by atoms with E-state index < -0.39 is 24.6 Å². The van der Waals surface area contributed by atoms with Crippen LogP contribution in [-0.2, 0) is 14.3 Å². The number of ether oxygens (including phenoxy) is 2. The largest absolute Gasteiger partial charge is 0.449 e. The van der Waals surface area contributed by atoms with Gasteiger partial charge in [-0.1, -0.05) is 42.5 Å². The normalized spacial score (nSPS) is 12.0. The highest BCUT2D eigenvalue weighted by Crippen LogP contribution is 2.24. The van der Waals surface area contributed by atoms with Crippen LogP contribution < -0.4 is 10.1 Å². The van der Waals surface area contributed by atoms with Crippen molar-refractivity contribution in [2.24, 2.45) is 0 Å². The van der Waals surface area contributed by atoms with Gasteiger partial charge in [-0.25, -0.2) is 9.78 Å². The minimum Gasteiger partial charge on any atom is -0.449 e. The van der Waals surface area contributed by atoms with Gasteiger partial charge in [0.25, 0.3) is 5.91 Å². The van der Waals surface area contributed by atoms with Crippen molar-refractivity contribution in [1.82, 2.24) is 4.98 Å². The molecule has 3 rings (SSSR count). The van der Waals surface area contributed by atoms with Crippen molar-refractivity contribution in [3.8, 4) is 17.0 Å². The maximum atomic E-state index is 12.3. The van der Waals surface area contributed by atoms with E-state index >= 15 is 0 Å². The van der Waals surface area contributed by atoms with Crippen molar-refractivity contribution >= 4 is 34.4 Å². The third-order valence-electron chi connectivity index (χ3n) is 3.98. The van der Waals surface area contributed by atoms with Gasteiger partial charge in [-0.05, 0) is 30.7 Å². The fourth-order valence-electron chi connectivity index (χ4n) is 2.47. The van der Waals surface area contributed by atoms with Gasteiger partial charge >= 0.3 is 12.6 Å². The van der Waals surface area contributed by atoms with Crippen molar-refractivity contribution in [2.45, 2.75) is 19.6 Å². The molecule has 9 heteroatoms. The number of thiazole rings is 1. The second kappa shape index (κ2) is 10.4. The highest BCUT2D eigenvalue weighted by molar-refractivity contribution is 7.14. The lowest BCUT2D eigenvalue weighted by atomic mass is 10.2. The van der Waals surface area contributed by atoms with E-state index in [1.54, 1.807) is 0 Å². The average Bonchev–Trinajstić information content (AvgIpc) is 3.22. The number of hydrogen-bond donors (Lipinski definition) is 1. The molecule has 31 heavy (non-hydrogen) atoms. The molecule has 1 N–H and O–H groups in total. The lowest BCUT2D eigenvalue weighted by molar-refractivity contribution is -0.148. The standard InChI is InChI=1S/C22H18F2N2O4S/c1-14(20(28)26-22-25-18(13-31-22)16-5-3-2-4-6-16)29-19(27)12-9-15-7-10-17(11-8-15)30-21(23)24/h2-14,21H,1H3,(H,25,26,28)/b12-9+. The highest BCUT2D eigenvalue weighted by Gasteiger charge is 2.18. The summed E-state index contributed by atoms with van der Waals surface area (Å²) in [5.41, 5.74) is 2.24. The topological polar surface area (TPSA) is 77.5 Å². The Balaban J connectivity index is 1.50. The number of rotatable bonds is 8. The first-order chi connectivity index (χ1) is 14.9. The SMILES string of the molecule is CC(OC(=O)/C=C/c1ccc(OC(F)F)cc1)C(=O)Nc1nc(-c2ccccc2)cs1. The van der Waals surface area contributed by atoms with Gasteiger partial charge in [0, 0.05) is 17.0 Å². The second-order valence-corrected chi connectivity index (χ2v) is 7.11. The zero-order chi connectivity index (χ0) is 22.2. The molecule has 1 atom stereocenters.